The fourth-order valence-electron chi connectivity index (χ4n) is 1.40. The molecular weight excluding hydrogens is 218 g/mol. The van der Waals surface area contributed by atoms with E-state index in [2.05, 4.69) is 0 Å². The molecule has 1 rings (SSSR count). The van der Waals surface area contributed by atoms with Crippen LogP contribution in [0.1, 0.15) is 13.8 Å². The second kappa shape index (κ2) is 9.81. The van der Waals surface area contributed by atoms with Crippen molar-refractivity contribution in [2.24, 2.45) is 0 Å². The summed E-state index contributed by atoms with van der Waals surface area (Å²) in [6.45, 7) is 4.71. The first-order valence-electron chi connectivity index (χ1n) is 5.75. The van der Waals surface area contributed by atoms with Crippen LogP contribution < -0.4 is 0 Å². The highest BCUT2D eigenvalue weighted by molar-refractivity contribution is 5.73. The first-order valence-corrected chi connectivity index (χ1v) is 5.75. The largest absolute Gasteiger partial charge is 0.480 e. The van der Waals surface area contributed by atoms with Gasteiger partial charge in [-0.3, -0.25) is 9.69 Å². The van der Waals surface area contributed by atoms with Crippen molar-refractivity contribution in [3.63, 3.8) is 0 Å². The van der Waals surface area contributed by atoms with E-state index in [1.807, 2.05) is 50.2 Å². The van der Waals surface area contributed by atoms with Crippen LogP contribution in [-0.4, -0.2) is 46.8 Å². The summed E-state index contributed by atoms with van der Waals surface area (Å²) < 4.78 is 0. The molecule has 0 aliphatic rings. The van der Waals surface area contributed by atoms with Gasteiger partial charge in [-0.25, -0.2) is 0 Å². The molecule has 0 radical (unpaired) electrons. The van der Waals surface area contributed by atoms with E-state index in [0.29, 0.717) is 13.1 Å². The number of rotatable bonds is 5. The van der Waals surface area contributed by atoms with E-state index in [9.17, 15) is 4.79 Å². The van der Waals surface area contributed by atoms with Crippen LogP contribution in [0.25, 0.3) is 0 Å². The summed E-state index contributed by atoms with van der Waals surface area (Å²) >= 11 is 0. The maximum atomic E-state index is 10.5. The summed E-state index contributed by atoms with van der Waals surface area (Å²) in [4.78, 5) is 12.2. The summed E-state index contributed by atoms with van der Waals surface area (Å²) in [5, 5.41) is 17.3. The molecule has 2 N–H and O–H groups in total. The van der Waals surface area contributed by atoms with E-state index in [1.54, 1.807) is 4.90 Å². The second-order valence-corrected chi connectivity index (χ2v) is 3.41. The minimum absolute atomic E-state index is 0.322. The summed E-state index contributed by atoms with van der Waals surface area (Å²) in [6.07, 6.45) is 0. The van der Waals surface area contributed by atoms with Crippen molar-refractivity contribution in [2.45, 2.75) is 19.9 Å². The Morgan fingerprint density at radius 3 is 1.53 bits per heavy atom. The Labute approximate surface area is 103 Å². The molecule has 1 atom stereocenters. The third-order valence-electron chi connectivity index (χ3n) is 2.38. The highest BCUT2D eigenvalue weighted by Gasteiger charge is 2.21. The van der Waals surface area contributed by atoms with Gasteiger partial charge in [-0.05, 0) is 13.1 Å². The molecule has 0 unspecified atom stereocenters. The highest BCUT2D eigenvalue weighted by atomic mass is 16.4. The lowest BCUT2D eigenvalue weighted by molar-refractivity contribution is -0.144. The zero-order valence-corrected chi connectivity index (χ0v) is 10.4. The normalized spacial score (nSPS) is 11.5. The molecule has 4 nitrogen and oxygen atoms in total. The van der Waals surface area contributed by atoms with Crippen molar-refractivity contribution in [1.29, 1.82) is 0 Å². The van der Waals surface area contributed by atoms with Crippen molar-refractivity contribution in [3.8, 4) is 0 Å². The zero-order chi connectivity index (χ0) is 13.1. The maximum absolute atomic E-state index is 10.5. The smallest absolute Gasteiger partial charge is 0.323 e. The van der Waals surface area contributed by atoms with Gasteiger partial charge in [0.25, 0.3) is 0 Å². The van der Waals surface area contributed by atoms with Gasteiger partial charge in [-0.15, -0.1) is 0 Å². The van der Waals surface area contributed by atoms with Gasteiger partial charge in [-0.2, -0.15) is 0 Å². The van der Waals surface area contributed by atoms with E-state index >= 15 is 0 Å². The summed E-state index contributed by atoms with van der Waals surface area (Å²) in [6, 6.07) is 11.3. The van der Waals surface area contributed by atoms with E-state index in [0.717, 1.165) is 0 Å². The molecule has 0 bridgehead atoms. The fraction of sp³-hybridized carbons (Fsp3) is 0.462. The molecule has 1 aromatic carbocycles. The molecule has 96 valence electrons. The molecule has 0 heterocycles. The van der Waals surface area contributed by atoms with Crippen molar-refractivity contribution < 1.29 is 15.0 Å². The average Bonchev–Trinajstić information content (AvgIpc) is 2.38. The van der Waals surface area contributed by atoms with Gasteiger partial charge in [0.1, 0.15) is 6.04 Å². The van der Waals surface area contributed by atoms with Crippen LogP contribution in [0.4, 0.5) is 0 Å². The molecule has 0 amide bonds. The number of aliphatic hydroxyl groups excluding tert-OH is 1. The molecule has 1 aromatic rings. The van der Waals surface area contributed by atoms with Crippen molar-refractivity contribution in [1.82, 2.24) is 4.90 Å². The van der Waals surface area contributed by atoms with Gasteiger partial charge in [0.05, 0.1) is 6.61 Å². The number of carboxylic acid groups (broad SMARTS) is 1. The first kappa shape index (κ1) is 15.6. The Kier molecular flexibility index (Phi) is 9.01. The molecule has 0 fully saturated rings. The Hall–Kier alpha value is -1.39. The predicted octanol–water partition coefficient (Wildman–Crippen LogP) is 1.46. The van der Waals surface area contributed by atoms with Crippen LogP contribution in [0.3, 0.4) is 0 Å². The van der Waals surface area contributed by atoms with E-state index in [1.165, 1.54) is 0 Å². The molecule has 0 aliphatic heterocycles. The first-order chi connectivity index (χ1) is 8.17. The summed E-state index contributed by atoms with van der Waals surface area (Å²) in [5.41, 5.74) is 0. The zero-order valence-electron chi connectivity index (χ0n) is 10.4. The van der Waals surface area contributed by atoms with E-state index in [4.69, 9.17) is 10.2 Å². The molecule has 0 spiro atoms. The summed E-state index contributed by atoms with van der Waals surface area (Å²) in [7, 11) is 0. The Balaban J connectivity index is 0.000000354. The van der Waals surface area contributed by atoms with Crippen LogP contribution >= 0.6 is 0 Å². The molecule has 0 aromatic heterocycles. The number of carboxylic acids is 1. The second-order valence-electron chi connectivity index (χ2n) is 3.41. The van der Waals surface area contributed by atoms with Gasteiger partial charge >= 0.3 is 5.97 Å². The molecule has 17 heavy (non-hydrogen) atoms. The Bertz CT molecular complexity index is 259. The van der Waals surface area contributed by atoms with Crippen molar-refractivity contribution >= 4 is 5.97 Å². The minimum Gasteiger partial charge on any atom is -0.480 e. The Morgan fingerprint density at radius 2 is 1.41 bits per heavy atom. The number of aliphatic carboxylic acids is 1. The third-order valence-corrected chi connectivity index (χ3v) is 2.38. The lowest BCUT2D eigenvalue weighted by Gasteiger charge is -2.23. The van der Waals surface area contributed by atoms with Gasteiger partial charge in [0.15, 0.2) is 0 Å². The van der Waals surface area contributed by atoms with Gasteiger partial charge in [0.2, 0.25) is 0 Å². The van der Waals surface area contributed by atoms with Crippen LogP contribution in [-0.2, 0) is 4.79 Å². The topological polar surface area (TPSA) is 60.8 Å². The number of hydrogen-bond acceptors (Lipinski definition) is 3. The van der Waals surface area contributed by atoms with Crippen LogP contribution in [0.15, 0.2) is 36.4 Å². The molecule has 0 saturated heterocycles. The predicted molar refractivity (Wildman–Crippen MR) is 67.9 cm³/mol. The Morgan fingerprint density at radius 1 is 1.06 bits per heavy atom. The monoisotopic (exact) mass is 239 g/mol. The van der Waals surface area contributed by atoms with Crippen LogP contribution in [0.2, 0.25) is 0 Å². The molecule has 0 saturated carbocycles. The number of carbonyl (C=O) groups is 1. The van der Waals surface area contributed by atoms with Gasteiger partial charge < -0.3 is 10.2 Å². The standard InChI is InChI=1S/C7H15NO3.C6H6/c1-3-8(4-2)6(5-9)7(10)11;1-2-4-6-5-3-1/h6,9H,3-5H2,1-2H3,(H,10,11);1-6H/t6-;/m1./s1. The number of likely N-dealkylation sites (N-methyl/N-ethyl adjacent to an activating group) is 1. The van der Waals surface area contributed by atoms with Crippen LogP contribution in [0, 0.1) is 0 Å². The SMILES string of the molecule is CCN(CC)[C@H](CO)C(=O)O.c1ccccc1. The maximum Gasteiger partial charge on any atom is 0.323 e. The average molecular weight is 239 g/mol. The molecular formula is C13H21NO3. The highest BCUT2D eigenvalue weighted by Crippen LogP contribution is 1.97. The fourth-order valence-corrected chi connectivity index (χ4v) is 1.40. The number of nitrogens with zero attached hydrogens (tertiary/aromatic N) is 1. The number of benzene rings is 1. The molecule has 4 heteroatoms. The summed E-state index contributed by atoms with van der Waals surface area (Å²) in [5.74, 6) is -0.962. The van der Waals surface area contributed by atoms with Gasteiger partial charge in [0, 0.05) is 0 Å². The lowest BCUT2D eigenvalue weighted by Crippen LogP contribution is -2.43. The van der Waals surface area contributed by atoms with Crippen molar-refractivity contribution in [3.05, 3.63) is 36.4 Å². The number of aliphatic hydroxyl groups is 1. The van der Waals surface area contributed by atoms with E-state index in [-0.39, 0.29) is 6.61 Å². The molecule has 0 aliphatic carbocycles. The van der Waals surface area contributed by atoms with Crippen molar-refractivity contribution in [2.75, 3.05) is 19.7 Å². The minimum atomic E-state index is -0.962. The van der Waals surface area contributed by atoms with Crippen LogP contribution in [0.5, 0.6) is 0 Å². The quantitative estimate of drug-likeness (QED) is 0.816. The lowest BCUT2D eigenvalue weighted by atomic mass is 10.2. The number of hydrogen-bond donors (Lipinski definition) is 2. The van der Waals surface area contributed by atoms with Gasteiger partial charge in [-0.1, -0.05) is 50.2 Å². The van der Waals surface area contributed by atoms with E-state index < -0.39 is 12.0 Å². The third kappa shape index (κ3) is 6.71.